The Kier molecular flexibility index (Phi) is 4.63. The van der Waals surface area contributed by atoms with Gasteiger partial charge in [0.15, 0.2) is 11.9 Å². The van der Waals surface area contributed by atoms with E-state index >= 15 is 0 Å². The molecule has 2 aromatic heterocycles. The van der Waals surface area contributed by atoms with Gasteiger partial charge in [-0.1, -0.05) is 4.59 Å². The number of rotatable bonds is 4. The molecular formula is C22H20FN8O+. The van der Waals surface area contributed by atoms with Crippen LogP contribution in [0.25, 0.3) is 5.69 Å². The fourth-order valence-electron chi connectivity index (χ4n) is 3.71. The zero-order valence-corrected chi connectivity index (χ0v) is 17.7. The number of hydrogen-bond acceptors (Lipinski definition) is 7. The molecule has 9 nitrogen and oxygen atoms in total. The van der Waals surface area contributed by atoms with E-state index in [1.54, 1.807) is 38.1 Å². The standard InChI is InChI=1S/C22H20FN8O/c1-14-10-16(23)4-6-18(14)31-9-8-24-11-20(31)28-22(29-31)27-19-7-5-17(21(26-19)32-3)30-12-15(2)25-13-30/h4-13H,1-3H3,(H,26,27,29)/q+1. The molecule has 1 atom stereocenters. The molecule has 2 aliphatic rings. The van der Waals surface area contributed by atoms with E-state index in [0.717, 1.165) is 22.6 Å². The summed E-state index contributed by atoms with van der Waals surface area (Å²) >= 11 is 0. The normalized spacial score (nSPS) is 18.9. The molecule has 32 heavy (non-hydrogen) atoms. The molecule has 4 heterocycles. The van der Waals surface area contributed by atoms with Gasteiger partial charge in [-0.2, -0.15) is 9.98 Å². The van der Waals surface area contributed by atoms with Crippen LogP contribution in [0, 0.1) is 19.7 Å². The van der Waals surface area contributed by atoms with Crippen molar-refractivity contribution in [2.45, 2.75) is 13.8 Å². The van der Waals surface area contributed by atoms with Crippen molar-refractivity contribution in [3.8, 4) is 11.6 Å². The third-order valence-electron chi connectivity index (χ3n) is 5.17. The maximum atomic E-state index is 13.7. The van der Waals surface area contributed by atoms with Crippen LogP contribution < -0.4 is 14.6 Å². The second-order valence-corrected chi connectivity index (χ2v) is 7.36. The number of anilines is 1. The van der Waals surface area contributed by atoms with E-state index in [-0.39, 0.29) is 10.4 Å². The van der Waals surface area contributed by atoms with Gasteiger partial charge in [-0.15, -0.1) is 0 Å². The molecule has 1 unspecified atom stereocenters. The highest BCUT2D eigenvalue weighted by molar-refractivity contribution is 6.38. The number of imidazole rings is 1. The van der Waals surface area contributed by atoms with Crippen molar-refractivity contribution in [2.75, 3.05) is 12.4 Å². The lowest BCUT2D eigenvalue weighted by molar-refractivity contribution is 0.396. The minimum absolute atomic E-state index is 0.0402. The van der Waals surface area contributed by atoms with Gasteiger partial charge < -0.3 is 14.6 Å². The number of aromatic nitrogens is 3. The van der Waals surface area contributed by atoms with Crippen molar-refractivity contribution in [2.24, 2.45) is 15.1 Å². The van der Waals surface area contributed by atoms with Gasteiger partial charge in [0.25, 0.3) is 11.8 Å². The number of quaternary nitrogens is 1. The largest absolute Gasteiger partial charge is 0.479 e. The van der Waals surface area contributed by atoms with Crippen LogP contribution in [0.1, 0.15) is 11.3 Å². The summed E-state index contributed by atoms with van der Waals surface area (Å²) in [6, 6.07) is 8.28. The second kappa shape index (κ2) is 7.50. The van der Waals surface area contributed by atoms with Crippen LogP contribution >= 0.6 is 0 Å². The van der Waals surface area contributed by atoms with Crippen molar-refractivity contribution < 1.29 is 9.13 Å². The van der Waals surface area contributed by atoms with E-state index in [2.05, 4.69) is 25.3 Å². The summed E-state index contributed by atoms with van der Waals surface area (Å²) < 4.78 is 21.0. The van der Waals surface area contributed by atoms with E-state index < -0.39 is 0 Å². The van der Waals surface area contributed by atoms with Crippen LogP contribution in [0.5, 0.6) is 5.88 Å². The number of aryl methyl sites for hydroxylation is 2. The number of amidine groups is 1. The van der Waals surface area contributed by atoms with Gasteiger partial charge in [0.1, 0.15) is 23.5 Å². The smallest absolute Gasteiger partial charge is 0.288 e. The number of halogens is 1. The quantitative estimate of drug-likeness (QED) is 0.638. The molecule has 0 bridgehead atoms. The van der Waals surface area contributed by atoms with Crippen molar-refractivity contribution in [1.29, 1.82) is 0 Å². The first kappa shape index (κ1) is 19.8. The monoisotopic (exact) mass is 431 g/mol. The Morgan fingerprint density at radius 1 is 1.16 bits per heavy atom. The van der Waals surface area contributed by atoms with Crippen molar-refractivity contribution in [1.82, 2.24) is 19.1 Å². The maximum Gasteiger partial charge on any atom is 0.288 e. The molecule has 160 valence electrons. The molecule has 0 saturated heterocycles. The molecule has 0 saturated carbocycles. The number of fused-ring (bicyclic) bond motifs is 1. The summed E-state index contributed by atoms with van der Waals surface area (Å²) in [6.45, 7) is 3.75. The predicted molar refractivity (Wildman–Crippen MR) is 122 cm³/mol. The lowest BCUT2D eigenvalue weighted by Gasteiger charge is -2.25. The predicted octanol–water partition coefficient (Wildman–Crippen LogP) is 3.69. The molecule has 10 heteroatoms. The first-order valence-electron chi connectivity index (χ1n) is 9.87. The van der Waals surface area contributed by atoms with E-state index in [9.17, 15) is 4.39 Å². The summed E-state index contributed by atoms with van der Waals surface area (Å²) in [5, 5.41) is 7.92. The number of aliphatic imine (C=N–C) groups is 2. The van der Waals surface area contributed by atoms with Crippen LogP contribution in [0.4, 0.5) is 15.9 Å². The third kappa shape index (κ3) is 3.26. The van der Waals surface area contributed by atoms with Gasteiger partial charge >= 0.3 is 0 Å². The van der Waals surface area contributed by atoms with Crippen molar-refractivity contribution in [3.05, 3.63) is 72.3 Å². The molecule has 0 amide bonds. The number of hydrogen-bond donors (Lipinski definition) is 1. The maximum absolute atomic E-state index is 13.7. The molecule has 0 spiro atoms. The van der Waals surface area contributed by atoms with Gasteiger partial charge in [-0.25, -0.2) is 9.37 Å². The number of methoxy groups -OCH3 is 1. The lowest BCUT2D eigenvalue weighted by Crippen LogP contribution is -2.44. The fourth-order valence-corrected chi connectivity index (χ4v) is 3.71. The van der Waals surface area contributed by atoms with Gasteiger partial charge in [0.05, 0.1) is 25.3 Å². The van der Waals surface area contributed by atoms with Crippen molar-refractivity contribution in [3.63, 3.8) is 0 Å². The van der Waals surface area contributed by atoms with Crippen LogP contribution in [0.15, 0.2) is 70.3 Å². The summed E-state index contributed by atoms with van der Waals surface area (Å²) in [7, 11) is 1.56. The lowest BCUT2D eigenvalue weighted by atomic mass is 10.1. The zero-order chi connectivity index (χ0) is 22.3. The Balaban J connectivity index is 1.50. The van der Waals surface area contributed by atoms with Crippen molar-refractivity contribution >= 4 is 29.5 Å². The summed E-state index contributed by atoms with van der Waals surface area (Å²) in [4.78, 5) is 17.6. The SMILES string of the molecule is COc1nc(NC2=N[N+]3(c4ccc(F)cc4C)C=CN=CC3=N2)ccc1-n1cnc(C)c1. The average Bonchev–Trinajstić information content (AvgIpc) is 3.37. The number of pyridine rings is 1. The van der Waals surface area contributed by atoms with E-state index in [4.69, 9.17) is 9.84 Å². The number of ether oxygens (including phenoxy) is 1. The Labute approximate surface area is 183 Å². The number of nitrogens with one attached hydrogen (secondary N) is 1. The summed E-state index contributed by atoms with van der Waals surface area (Å²) in [5.74, 6) is 1.57. The molecule has 0 radical (unpaired) electrons. The van der Waals surface area contributed by atoms with Gasteiger partial charge in [0.2, 0.25) is 5.88 Å². The van der Waals surface area contributed by atoms with E-state index in [0.29, 0.717) is 23.5 Å². The molecule has 0 aliphatic carbocycles. The summed E-state index contributed by atoms with van der Waals surface area (Å²) in [5.41, 5.74) is 3.18. The molecule has 3 aromatic rings. The Morgan fingerprint density at radius 3 is 2.78 bits per heavy atom. The van der Waals surface area contributed by atoms with Crippen LogP contribution in [0.3, 0.4) is 0 Å². The van der Waals surface area contributed by atoms with E-state index in [1.165, 1.54) is 12.1 Å². The fraction of sp³-hybridized carbons (Fsp3) is 0.136. The van der Waals surface area contributed by atoms with Crippen LogP contribution in [-0.2, 0) is 0 Å². The first-order chi connectivity index (χ1) is 15.5. The topological polar surface area (TPSA) is 89.0 Å². The molecule has 5 rings (SSSR count). The highest BCUT2D eigenvalue weighted by atomic mass is 19.1. The highest BCUT2D eigenvalue weighted by Gasteiger charge is 2.43. The van der Waals surface area contributed by atoms with Gasteiger partial charge in [-0.05, 0) is 43.2 Å². The minimum Gasteiger partial charge on any atom is -0.479 e. The molecule has 1 aromatic carbocycles. The molecule has 2 aliphatic heterocycles. The molecule has 0 fully saturated rings. The second-order valence-electron chi connectivity index (χ2n) is 7.36. The highest BCUT2D eigenvalue weighted by Crippen LogP contribution is 2.34. The first-order valence-corrected chi connectivity index (χ1v) is 9.87. The average molecular weight is 431 g/mol. The number of benzene rings is 1. The molecule has 1 N–H and O–H groups in total. The Bertz CT molecular complexity index is 1340. The van der Waals surface area contributed by atoms with Gasteiger partial charge in [0, 0.05) is 17.8 Å². The number of guanidine groups is 1. The van der Waals surface area contributed by atoms with Gasteiger partial charge in [-0.3, -0.25) is 4.99 Å². The number of nitrogens with zero attached hydrogens (tertiary/aromatic N) is 7. The van der Waals surface area contributed by atoms with Crippen LogP contribution in [0.2, 0.25) is 0 Å². The minimum atomic E-state index is -0.302. The summed E-state index contributed by atoms with van der Waals surface area (Å²) in [6.07, 6.45) is 8.68. The zero-order valence-electron chi connectivity index (χ0n) is 17.7. The van der Waals surface area contributed by atoms with E-state index in [1.807, 2.05) is 36.7 Å². The van der Waals surface area contributed by atoms with Crippen LogP contribution in [-0.4, -0.2) is 39.7 Å². The third-order valence-corrected chi connectivity index (χ3v) is 5.17. The Hall–Kier alpha value is -4.18. The molecular weight excluding hydrogens is 411 g/mol. The Morgan fingerprint density at radius 2 is 2.03 bits per heavy atom.